The van der Waals surface area contributed by atoms with Gasteiger partial charge in [-0.1, -0.05) is 11.6 Å². The Morgan fingerprint density at radius 2 is 2.12 bits per heavy atom. The van der Waals surface area contributed by atoms with E-state index >= 15 is 0 Å². The molecule has 1 rings (SSSR count). The summed E-state index contributed by atoms with van der Waals surface area (Å²) in [7, 11) is 0. The van der Waals surface area contributed by atoms with Crippen molar-refractivity contribution < 1.29 is 14.8 Å². The van der Waals surface area contributed by atoms with Crippen LogP contribution in [0.1, 0.15) is 27.9 Å². The molecule has 17 heavy (non-hydrogen) atoms. The summed E-state index contributed by atoms with van der Waals surface area (Å²) >= 11 is 0. The largest absolute Gasteiger partial charge is 0.370 e. The molecule has 1 radical (unpaired) electrons. The number of aryl methyl sites for hydroxylation is 1. The smallest absolute Gasteiger partial charge is 0.274 e. The topological polar surface area (TPSA) is 92.4 Å². The van der Waals surface area contributed by atoms with Crippen LogP contribution in [0.5, 0.6) is 0 Å². The Morgan fingerprint density at radius 3 is 2.71 bits per heavy atom. The highest BCUT2D eigenvalue weighted by atomic mass is 16.5. The van der Waals surface area contributed by atoms with E-state index in [1.165, 1.54) is 0 Å². The van der Waals surface area contributed by atoms with Crippen LogP contribution in [0.2, 0.25) is 0 Å². The number of rotatable bonds is 5. The van der Waals surface area contributed by atoms with Gasteiger partial charge >= 0.3 is 0 Å². The predicted octanol–water partition coefficient (Wildman–Crippen LogP) is 0.736. The zero-order valence-electron chi connectivity index (χ0n) is 9.56. The molecule has 0 unspecified atom stereocenters. The second-order valence-electron chi connectivity index (χ2n) is 3.81. The van der Waals surface area contributed by atoms with Crippen molar-refractivity contribution >= 4 is 11.8 Å². The quantitative estimate of drug-likeness (QED) is 0.519. The van der Waals surface area contributed by atoms with E-state index in [0.29, 0.717) is 12.0 Å². The van der Waals surface area contributed by atoms with E-state index in [2.05, 4.69) is 0 Å². The van der Waals surface area contributed by atoms with Crippen LogP contribution >= 0.6 is 0 Å². The van der Waals surface area contributed by atoms with Gasteiger partial charge in [0, 0.05) is 12.0 Å². The Balaban J connectivity index is 2.75. The summed E-state index contributed by atoms with van der Waals surface area (Å²) in [6, 6.07) is 5.24. The van der Waals surface area contributed by atoms with Crippen LogP contribution in [-0.4, -0.2) is 17.0 Å². The fourth-order valence-electron chi connectivity index (χ4n) is 1.56. The summed E-state index contributed by atoms with van der Waals surface area (Å²) in [6.45, 7) is 1.85. The average molecular weight is 235 g/mol. The van der Waals surface area contributed by atoms with Crippen LogP contribution < -0.4 is 11.2 Å². The van der Waals surface area contributed by atoms with E-state index in [1.807, 2.05) is 13.0 Å². The van der Waals surface area contributed by atoms with Crippen molar-refractivity contribution in [3.05, 3.63) is 41.3 Å². The van der Waals surface area contributed by atoms with Gasteiger partial charge in [-0.3, -0.25) is 14.8 Å². The Kier molecular flexibility index (Phi) is 4.66. The lowest BCUT2D eigenvalue weighted by Gasteiger charge is -2.05. The summed E-state index contributed by atoms with van der Waals surface area (Å²) in [6.07, 6.45) is 2.50. The molecule has 5 heteroatoms. The molecular formula is C12H15N2O3. The van der Waals surface area contributed by atoms with Crippen molar-refractivity contribution in [3.63, 3.8) is 0 Å². The van der Waals surface area contributed by atoms with Gasteiger partial charge in [-0.15, -0.1) is 0 Å². The van der Waals surface area contributed by atoms with Crippen LogP contribution in [0.25, 0.3) is 0 Å². The molecule has 0 fully saturated rings. The van der Waals surface area contributed by atoms with Crippen LogP contribution in [0.15, 0.2) is 18.2 Å². The van der Waals surface area contributed by atoms with Crippen molar-refractivity contribution in [2.24, 2.45) is 5.73 Å². The number of nitrogens with two attached hydrogens (primary N) is 1. The first-order valence-electron chi connectivity index (χ1n) is 5.18. The molecule has 0 saturated heterocycles. The molecule has 0 aromatic heterocycles. The molecule has 0 saturated carbocycles. The number of hydrogen-bond donors (Lipinski definition) is 3. The third-order valence-corrected chi connectivity index (χ3v) is 2.23. The molecule has 5 nitrogen and oxygen atoms in total. The zero-order valence-corrected chi connectivity index (χ0v) is 9.56. The van der Waals surface area contributed by atoms with Gasteiger partial charge in [-0.2, -0.15) is 0 Å². The first kappa shape index (κ1) is 13.2. The van der Waals surface area contributed by atoms with Gasteiger partial charge in [0.2, 0.25) is 5.91 Å². The first-order chi connectivity index (χ1) is 8.02. The number of hydrogen-bond acceptors (Lipinski definition) is 3. The Bertz CT molecular complexity index is 430. The Morgan fingerprint density at radius 1 is 1.41 bits per heavy atom. The Hall–Kier alpha value is -1.88. The molecule has 0 atom stereocenters. The van der Waals surface area contributed by atoms with E-state index in [0.717, 1.165) is 11.1 Å². The number of amides is 2. The van der Waals surface area contributed by atoms with E-state index < -0.39 is 5.91 Å². The van der Waals surface area contributed by atoms with E-state index in [1.54, 1.807) is 24.0 Å². The maximum Gasteiger partial charge on any atom is 0.274 e. The molecule has 2 amide bonds. The molecule has 0 bridgehead atoms. The third kappa shape index (κ3) is 4.24. The minimum absolute atomic E-state index is 0.204. The van der Waals surface area contributed by atoms with Gasteiger partial charge in [0.1, 0.15) is 0 Å². The lowest BCUT2D eigenvalue weighted by Crippen LogP contribution is -2.19. The highest BCUT2D eigenvalue weighted by molar-refractivity contribution is 5.93. The SMILES string of the molecule is Cc1cc(C[CH]CC(N)=O)cc(C(=O)NO)c1. The van der Waals surface area contributed by atoms with E-state index in [-0.39, 0.29) is 12.3 Å². The molecule has 91 valence electrons. The lowest BCUT2D eigenvalue weighted by atomic mass is 10.0. The van der Waals surface area contributed by atoms with Gasteiger partial charge in [-0.05, 0) is 37.5 Å². The molecule has 0 aliphatic heterocycles. The number of carbonyl (C=O) groups excluding carboxylic acids is 2. The molecule has 1 aromatic rings. The second-order valence-corrected chi connectivity index (χ2v) is 3.81. The summed E-state index contributed by atoms with van der Waals surface area (Å²) < 4.78 is 0. The van der Waals surface area contributed by atoms with Crippen LogP contribution in [0.3, 0.4) is 0 Å². The van der Waals surface area contributed by atoms with Gasteiger partial charge in [0.25, 0.3) is 5.91 Å². The van der Waals surface area contributed by atoms with Crippen molar-refractivity contribution in [3.8, 4) is 0 Å². The molecule has 4 N–H and O–H groups in total. The van der Waals surface area contributed by atoms with E-state index in [4.69, 9.17) is 10.9 Å². The van der Waals surface area contributed by atoms with E-state index in [9.17, 15) is 9.59 Å². The molecular weight excluding hydrogens is 220 g/mol. The number of hydroxylamine groups is 1. The number of benzene rings is 1. The standard InChI is InChI=1S/C12H15N2O3/c1-8-5-9(3-2-4-11(13)15)7-10(6-8)12(16)14-17/h2,5-7,17H,3-4H2,1H3,(H2,13,15)(H,14,16). The summed E-state index contributed by atoms with van der Waals surface area (Å²) in [4.78, 5) is 21.8. The van der Waals surface area contributed by atoms with Crippen LogP contribution in [0.4, 0.5) is 0 Å². The molecule has 0 spiro atoms. The maximum atomic E-state index is 11.3. The van der Waals surface area contributed by atoms with Crippen LogP contribution in [0, 0.1) is 13.3 Å². The lowest BCUT2D eigenvalue weighted by molar-refractivity contribution is -0.117. The summed E-state index contributed by atoms with van der Waals surface area (Å²) in [5, 5.41) is 8.55. The minimum Gasteiger partial charge on any atom is -0.370 e. The summed E-state index contributed by atoms with van der Waals surface area (Å²) in [5.41, 5.74) is 8.79. The van der Waals surface area contributed by atoms with Gasteiger partial charge in [0.05, 0.1) is 0 Å². The number of nitrogens with one attached hydrogen (secondary N) is 1. The van der Waals surface area contributed by atoms with Crippen molar-refractivity contribution in [1.29, 1.82) is 0 Å². The fourth-order valence-corrected chi connectivity index (χ4v) is 1.56. The van der Waals surface area contributed by atoms with Gasteiger partial charge in [0.15, 0.2) is 0 Å². The highest BCUT2D eigenvalue weighted by Crippen LogP contribution is 2.12. The van der Waals surface area contributed by atoms with Crippen molar-refractivity contribution in [1.82, 2.24) is 5.48 Å². The van der Waals surface area contributed by atoms with Gasteiger partial charge in [-0.25, -0.2) is 5.48 Å². The zero-order chi connectivity index (χ0) is 12.8. The third-order valence-electron chi connectivity index (χ3n) is 2.23. The second kappa shape index (κ2) is 6.00. The average Bonchev–Trinajstić information content (AvgIpc) is 2.26. The maximum absolute atomic E-state index is 11.3. The predicted molar refractivity (Wildman–Crippen MR) is 62.2 cm³/mol. The molecule has 0 heterocycles. The molecule has 0 aliphatic carbocycles. The monoisotopic (exact) mass is 235 g/mol. The highest BCUT2D eigenvalue weighted by Gasteiger charge is 2.06. The summed E-state index contributed by atoms with van der Waals surface area (Å²) in [5.74, 6) is -0.934. The van der Waals surface area contributed by atoms with Gasteiger partial charge < -0.3 is 5.73 Å². The number of carbonyl (C=O) groups is 2. The van der Waals surface area contributed by atoms with Crippen molar-refractivity contribution in [2.75, 3.05) is 0 Å². The fraction of sp³-hybridized carbons (Fsp3) is 0.250. The Labute approximate surface area is 99.6 Å². The molecule has 0 aliphatic rings. The number of primary amides is 1. The first-order valence-corrected chi connectivity index (χ1v) is 5.18. The normalized spacial score (nSPS) is 10.0. The minimum atomic E-state index is -0.551. The molecule has 1 aromatic carbocycles. The van der Waals surface area contributed by atoms with Crippen molar-refractivity contribution in [2.45, 2.75) is 19.8 Å². The van der Waals surface area contributed by atoms with Crippen LogP contribution in [-0.2, 0) is 11.2 Å².